The maximum absolute atomic E-state index is 14.2. The summed E-state index contributed by atoms with van der Waals surface area (Å²) in [5.41, 5.74) is 8.10. The topological polar surface area (TPSA) is 93.8 Å². The van der Waals surface area contributed by atoms with Crippen molar-refractivity contribution >= 4 is 17.5 Å². The minimum Gasteiger partial charge on any atom is -0.338 e. The zero-order valence-corrected chi connectivity index (χ0v) is 26.1. The average molecular weight is 609 g/mol. The normalized spacial score (nSPS) is 11.7. The van der Waals surface area contributed by atoms with Crippen LogP contribution in [-0.2, 0) is 18.4 Å². The van der Waals surface area contributed by atoms with Crippen LogP contribution in [0.2, 0.25) is 0 Å². The number of hydrogen-bond donors (Lipinski definition) is 2. The highest BCUT2D eigenvalue weighted by atomic mass is 16.2. The Morgan fingerprint density at radius 3 is 1.91 bits per heavy atom. The van der Waals surface area contributed by atoms with Crippen molar-refractivity contribution in [3.05, 3.63) is 161 Å². The van der Waals surface area contributed by atoms with Gasteiger partial charge in [-0.1, -0.05) is 103 Å². The highest BCUT2D eigenvalue weighted by Crippen LogP contribution is 2.31. The third kappa shape index (κ3) is 6.51. The van der Waals surface area contributed by atoms with Gasteiger partial charge in [0.25, 0.3) is 5.91 Å². The fourth-order valence-corrected chi connectivity index (χ4v) is 5.98. The second kappa shape index (κ2) is 13.5. The molecule has 1 unspecified atom stereocenters. The number of amides is 2. The summed E-state index contributed by atoms with van der Waals surface area (Å²) in [6.45, 7) is 4.79. The molecule has 2 aromatic heterocycles. The minimum absolute atomic E-state index is 0.330. The average Bonchev–Trinajstić information content (AvgIpc) is 3.63. The molecular weight excluding hydrogens is 572 g/mol. The van der Waals surface area contributed by atoms with Crippen molar-refractivity contribution in [2.75, 3.05) is 5.32 Å². The first-order valence-corrected chi connectivity index (χ1v) is 15.3. The Bertz CT molecular complexity index is 1890. The highest BCUT2D eigenvalue weighted by molar-refractivity contribution is 6.01. The van der Waals surface area contributed by atoms with Gasteiger partial charge in [-0.2, -0.15) is 10.2 Å². The van der Waals surface area contributed by atoms with E-state index in [-0.39, 0.29) is 11.8 Å². The summed E-state index contributed by atoms with van der Waals surface area (Å²) in [5, 5.41) is 15.0. The molecule has 0 fully saturated rings. The predicted octanol–water partition coefficient (Wildman–Crippen LogP) is 6.52. The molecule has 6 aromatic rings. The van der Waals surface area contributed by atoms with Gasteiger partial charge in [-0.15, -0.1) is 0 Å². The molecule has 0 spiro atoms. The van der Waals surface area contributed by atoms with Crippen molar-refractivity contribution in [3.8, 4) is 11.1 Å². The fraction of sp³-hybridized carbons (Fsp3) is 0.158. The molecule has 0 saturated carbocycles. The Hall–Kier alpha value is -5.76. The zero-order valence-electron chi connectivity index (χ0n) is 26.1. The number of carbonyl (C=O) groups excluding carboxylic acids is 2. The van der Waals surface area contributed by atoms with Gasteiger partial charge in [-0.25, -0.2) is 0 Å². The van der Waals surface area contributed by atoms with E-state index < -0.39 is 12.0 Å². The zero-order chi connectivity index (χ0) is 32.0. The number of aromatic nitrogens is 4. The lowest BCUT2D eigenvalue weighted by Crippen LogP contribution is -2.48. The molecule has 230 valence electrons. The molecule has 0 aliphatic rings. The van der Waals surface area contributed by atoms with Crippen LogP contribution in [0.1, 0.15) is 44.5 Å². The van der Waals surface area contributed by atoms with Crippen molar-refractivity contribution in [1.82, 2.24) is 24.9 Å². The molecule has 46 heavy (non-hydrogen) atoms. The number of hydrogen-bond acceptors (Lipinski definition) is 4. The van der Waals surface area contributed by atoms with Gasteiger partial charge in [0, 0.05) is 36.1 Å². The van der Waals surface area contributed by atoms with Crippen molar-refractivity contribution in [2.24, 2.45) is 7.05 Å². The summed E-state index contributed by atoms with van der Waals surface area (Å²) >= 11 is 0. The minimum atomic E-state index is -0.924. The molecule has 2 amide bonds. The van der Waals surface area contributed by atoms with Gasteiger partial charge in [-0.3, -0.25) is 19.0 Å². The number of benzene rings is 4. The number of anilines is 1. The number of aryl methyl sites for hydroxylation is 2. The van der Waals surface area contributed by atoms with E-state index in [1.165, 1.54) is 10.2 Å². The number of nitrogens with zero attached hydrogens (tertiary/aromatic N) is 4. The lowest BCUT2D eigenvalue weighted by molar-refractivity contribution is -0.118. The van der Waals surface area contributed by atoms with Crippen LogP contribution in [0.3, 0.4) is 0 Å². The molecule has 0 saturated heterocycles. The molecule has 0 aliphatic heterocycles. The summed E-state index contributed by atoms with van der Waals surface area (Å²) in [7, 11) is 1.70. The second-order valence-electron chi connectivity index (χ2n) is 11.3. The van der Waals surface area contributed by atoms with Gasteiger partial charge in [-0.05, 0) is 54.3 Å². The smallest absolute Gasteiger partial charge is 0.270 e. The summed E-state index contributed by atoms with van der Waals surface area (Å²) in [6, 6.07) is 38.3. The predicted molar refractivity (Wildman–Crippen MR) is 180 cm³/mol. The Morgan fingerprint density at radius 1 is 0.761 bits per heavy atom. The quantitative estimate of drug-likeness (QED) is 0.185. The Balaban J connectivity index is 1.29. The van der Waals surface area contributed by atoms with Crippen LogP contribution in [0.4, 0.5) is 5.69 Å². The van der Waals surface area contributed by atoms with Crippen molar-refractivity contribution in [3.63, 3.8) is 0 Å². The van der Waals surface area contributed by atoms with Crippen molar-refractivity contribution in [2.45, 2.75) is 32.4 Å². The largest absolute Gasteiger partial charge is 0.338 e. The van der Waals surface area contributed by atoms with E-state index in [1.807, 2.05) is 115 Å². The molecule has 0 bridgehead atoms. The summed E-state index contributed by atoms with van der Waals surface area (Å²) in [4.78, 5) is 27.7. The maximum Gasteiger partial charge on any atom is 0.270 e. The third-order valence-corrected chi connectivity index (χ3v) is 8.27. The van der Waals surface area contributed by atoms with Gasteiger partial charge in [0.1, 0.15) is 11.7 Å². The highest BCUT2D eigenvalue weighted by Gasteiger charge is 2.33. The van der Waals surface area contributed by atoms with E-state index in [2.05, 4.69) is 34.8 Å². The molecule has 0 aliphatic carbocycles. The van der Waals surface area contributed by atoms with E-state index in [4.69, 9.17) is 5.10 Å². The Morgan fingerprint density at radius 2 is 1.35 bits per heavy atom. The lowest BCUT2D eigenvalue weighted by Gasteiger charge is -2.28. The summed E-state index contributed by atoms with van der Waals surface area (Å²) in [6.07, 6.45) is 1.56. The molecule has 1 atom stereocenters. The van der Waals surface area contributed by atoms with Gasteiger partial charge < -0.3 is 10.6 Å². The van der Waals surface area contributed by atoms with Crippen LogP contribution in [0, 0.1) is 13.8 Å². The second-order valence-corrected chi connectivity index (χ2v) is 11.3. The molecule has 8 heteroatoms. The molecule has 4 aromatic carbocycles. The van der Waals surface area contributed by atoms with Crippen molar-refractivity contribution in [1.29, 1.82) is 0 Å². The van der Waals surface area contributed by atoms with Gasteiger partial charge in [0.15, 0.2) is 0 Å². The van der Waals surface area contributed by atoms with E-state index in [1.54, 1.807) is 19.3 Å². The molecule has 6 rings (SSSR count). The fourth-order valence-electron chi connectivity index (χ4n) is 5.98. The van der Waals surface area contributed by atoms with Gasteiger partial charge in [0.05, 0.1) is 12.2 Å². The third-order valence-electron chi connectivity index (χ3n) is 8.27. The summed E-state index contributed by atoms with van der Waals surface area (Å²) < 4.78 is 3.52. The first-order valence-electron chi connectivity index (χ1n) is 15.3. The van der Waals surface area contributed by atoms with Crippen LogP contribution < -0.4 is 10.6 Å². The first-order chi connectivity index (χ1) is 22.4. The van der Waals surface area contributed by atoms with Gasteiger partial charge in [0.2, 0.25) is 5.91 Å². The number of rotatable bonds is 10. The molecule has 0 radical (unpaired) electrons. The van der Waals surface area contributed by atoms with Crippen LogP contribution in [0.5, 0.6) is 0 Å². The molecule has 2 N–H and O–H groups in total. The first kappa shape index (κ1) is 30.3. The number of nitrogens with one attached hydrogen (secondary N) is 2. The Kier molecular flexibility index (Phi) is 8.87. The monoisotopic (exact) mass is 608 g/mol. The van der Waals surface area contributed by atoms with E-state index in [0.29, 0.717) is 17.9 Å². The maximum atomic E-state index is 14.2. The van der Waals surface area contributed by atoms with E-state index >= 15 is 0 Å². The van der Waals surface area contributed by atoms with Gasteiger partial charge >= 0.3 is 0 Å². The van der Waals surface area contributed by atoms with Crippen LogP contribution in [-0.4, -0.2) is 37.4 Å². The Labute approximate surface area is 268 Å². The van der Waals surface area contributed by atoms with E-state index in [0.717, 1.165) is 33.6 Å². The molecular formula is C38H36N6O2. The molecule has 2 heterocycles. The van der Waals surface area contributed by atoms with Crippen LogP contribution in [0.25, 0.3) is 11.1 Å². The number of carbonyl (C=O) groups is 2. The molecule has 8 nitrogen and oxygen atoms in total. The lowest BCUT2D eigenvalue weighted by atomic mass is 9.84. The standard InChI is InChI=1S/C38H36N6O2/c1-26-34(27(2)44(42-26)25-28-13-7-4-8-14-28)31-19-21-32(22-20-31)40-38(46)36(41-37(45)33-23-24-39-43(33)3)35(29-15-9-5-10-16-29)30-17-11-6-12-18-30/h4-24,35-36H,25H2,1-3H3,(H,40,46)(H,41,45). The summed E-state index contributed by atoms with van der Waals surface area (Å²) in [5.74, 6) is -1.16. The SMILES string of the molecule is Cc1nn(Cc2ccccc2)c(C)c1-c1ccc(NC(=O)C(NC(=O)c2ccnn2C)C(c2ccccc2)c2ccccc2)cc1. The van der Waals surface area contributed by atoms with E-state index in [9.17, 15) is 9.59 Å². The van der Waals surface area contributed by atoms with Crippen LogP contribution >= 0.6 is 0 Å². The van der Waals surface area contributed by atoms with Crippen LogP contribution in [0.15, 0.2) is 128 Å². The van der Waals surface area contributed by atoms with Crippen molar-refractivity contribution < 1.29 is 9.59 Å².